The normalized spacial score (nSPS) is 11.1. The SMILES string of the molecule is NC(=O)NN=Cc1ccc(F)c2sccc12. The largest absolute Gasteiger partial charge is 0.350 e. The molecule has 2 rings (SSSR count). The van der Waals surface area contributed by atoms with Crippen molar-refractivity contribution in [3.63, 3.8) is 0 Å². The number of rotatable bonds is 2. The highest BCUT2D eigenvalue weighted by atomic mass is 32.1. The number of primary amides is 1. The van der Waals surface area contributed by atoms with Crippen molar-refractivity contribution < 1.29 is 9.18 Å². The monoisotopic (exact) mass is 237 g/mol. The highest BCUT2D eigenvalue weighted by molar-refractivity contribution is 7.17. The van der Waals surface area contributed by atoms with Gasteiger partial charge >= 0.3 is 6.03 Å². The number of nitrogens with one attached hydrogen (secondary N) is 1. The second-order valence-corrected chi connectivity index (χ2v) is 3.95. The van der Waals surface area contributed by atoms with Crippen molar-refractivity contribution in [1.29, 1.82) is 0 Å². The molecule has 0 unspecified atom stereocenters. The highest BCUT2D eigenvalue weighted by Crippen LogP contribution is 2.26. The summed E-state index contributed by atoms with van der Waals surface area (Å²) in [6.45, 7) is 0. The number of nitrogens with two attached hydrogens (primary N) is 1. The standard InChI is InChI=1S/C10H8FN3OS/c11-8-2-1-6(5-13-14-10(12)15)7-3-4-16-9(7)8/h1-5H,(H3,12,14,15). The first-order chi connectivity index (χ1) is 7.68. The zero-order valence-corrected chi connectivity index (χ0v) is 8.92. The van der Waals surface area contributed by atoms with Crippen LogP contribution in [0.25, 0.3) is 10.1 Å². The molecule has 2 aromatic rings. The van der Waals surface area contributed by atoms with E-state index in [0.717, 1.165) is 10.9 Å². The summed E-state index contributed by atoms with van der Waals surface area (Å²) in [6, 6.07) is 4.02. The summed E-state index contributed by atoms with van der Waals surface area (Å²) >= 11 is 1.32. The van der Waals surface area contributed by atoms with Crippen molar-refractivity contribution in [3.8, 4) is 0 Å². The Morgan fingerprint density at radius 2 is 2.31 bits per heavy atom. The Morgan fingerprint density at radius 3 is 3.06 bits per heavy atom. The Hall–Kier alpha value is -1.95. The lowest BCUT2D eigenvalue weighted by Gasteiger charge is -1.97. The number of benzene rings is 1. The van der Waals surface area contributed by atoms with Gasteiger partial charge in [0.1, 0.15) is 5.82 Å². The van der Waals surface area contributed by atoms with Crippen molar-refractivity contribution in [2.75, 3.05) is 0 Å². The lowest BCUT2D eigenvalue weighted by atomic mass is 10.1. The van der Waals surface area contributed by atoms with Gasteiger partial charge in [0.25, 0.3) is 0 Å². The van der Waals surface area contributed by atoms with E-state index in [0.29, 0.717) is 4.70 Å². The summed E-state index contributed by atoms with van der Waals surface area (Å²) in [5, 5.41) is 6.20. The molecule has 4 nitrogen and oxygen atoms in total. The van der Waals surface area contributed by atoms with Crippen LogP contribution in [0.4, 0.5) is 9.18 Å². The molecular formula is C10H8FN3OS. The van der Waals surface area contributed by atoms with Gasteiger partial charge in [0.2, 0.25) is 0 Å². The fourth-order valence-electron chi connectivity index (χ4n) is 1.33. The first-order valence-corrected chi connectivity index (χ1v) is 5.30. The van der Waals surface area contributed by atoms with Crippen molar-refractivity contribution in [2.24, 2.45) is 10.8 Å². The number of amides is 2. The minimum absolute atomic E-state index is 0.259. The van der Waals surface area contributed by atoms with Crippen LogP contribution in [0.1, 0.15) is 5.56 Å². The van der Waals surface area contributed by atoms with Crippen LogP contribution >= 0.6 is 11.3 Å². The van der Waals surface area contributed by atoms with Gasteiger partial charge in [-0.1, -0.05) is 0 Å². The van der Waals surface area contributed by atoms with Crippen LogP contribution in [0.3, 0.4) is 0 Å². The topological polar surface area (TPSA) is 67.5 Å². The maximum Gasteiger partial charge on any atom is 0.332 e. The minimum Gasteiger partial charge on any atom is -0.350 e. The molecule has 0 spiro atoms. The summed E-state index contributed by atoms with van der Waals surface area (Å²) in [7, 11) is 0. The second-order valence-electron chi connectivity index (χ2n) is 3.03. The third-order valence-electron chi connectivity index (χ3n) is 1.98. The molecule has 0 atom stereocenters. The summed E-state index contributed by atoms with van der Waals surface area (Å²) < 4.78 is 13.9. The van der Waals surface area contributed by atoms with Crippen molar-refractivity contribution >= 4 is 33.7 Å². The number of thiophene rings is 1. The highest BCUT2D eigenvalue weighted by Gasteiger charge is 2.05. The Bertz CT molecular complexity index is 564. The van der Waals surface area contributed by atoms with Gasteiger partial charge in [-0.15, -0.1) is 11.3 Å². The van der Waals surface area contributed by atoms with Crippen molar-refractivity contribution in [3.05, 3.63) is 35.0 Å². The molecule has 6 heteroatoms. The van der Waals surface area contributed by atoms with Crippen LogP contribution in [0, 0.1) is 5.82 Å². The van der Waals surface area contributed by atoms with Gasteiger partial charge in [0, 0.05) is 10.9 Å². The number of hydrogen-bond donors (Lipinski definition) is 2. The Morgan fingerprint density at radius 1 is 1.50 bits per heavy atom. The average Bonchev–Trinajstić information content (AvgIpc) is 2.70. The molecule has 0 bridgehead atoms. The summed E-state index contributed by atoms with van der Waals surface area (Å²) in [6.07, 6.45) is 1.43. The maximum absolute atomic E-state index is 13.3. The fraction of sp³-hybridized carbons (Fsp3) is 0. The third kappa shape index (κ3) is 2.01. The molecule has 0 fully saturated rings. The van der Waals surface area contributed by atoms with Gasteiger partial charge < -0.3 is 5.73 Å². The van der Waals surface area contributed by atoms with Gasteiger partial charge in [-0.2, -0.15) is 5.10 Å². The molecule has 0 aliphatic carbocycles. The average molecular weight is 237 g/mol. The molecular weight excluding hydrogens is 229 g/mol. The van der Waals surface area contributed by atoms with Crippen LogP contribution in [-0.4, -0.2) is 12.2 Å². The molecule has 3 N–H and O–H groups in total. The number of carbonyl (C=O) groups is 1. The lowest BCUT2D eigenvalue weighted by Crippen LogP contribution is -2.24. The number of carbonyl (C=O) groups excluding carboxylic acids is 1. The van der Waals surface area contributed by atoms with Crippen molar-refractivity contribution in [1.82, 2.24) is 5.43 Å². The van der Waals surface area contributed by atoms with E-state index in [1.165, 1.54) is 23.6 Å². The molecule has 0 saturated carbocycles. The van der Waals surface area contributed by atoms with E-state index >= 15 is 0 Å². The molecule has 1 heterocycles. The number of fused-ring (bicyclic) bond motifs is 1. The minimum atomic E-state index is -0.736. The maximum atomic E-state index is 13.3. The first kappa shape index (κ1) is 10.6. The lowest BCUT2D eigenvalue weighted by molar-refractivity contribution is 0.249. The van der Waals surface area contributed by atoms with E-state index in [-0.39, 0.29) is 5.82 Å². The number of hydrazone groups is 1. The zero-order chi connectivity index (χ0) is 11.5. The number of nitrogens with zero attached hydrogens (tertiary/aromatic N) is 1. The van der Waals surface area contributed by atoms with E-state index < -0.39 is 6.03 Å². The number of urea groups is 1. The molecule has 82 valence electrons. The van der Waals surface area contributed by atoms with E-state index in [2.05, 4.69) is 10.5 Å². The second kappa shape index (κ2) is 4.28. The molecule has 1 aromatic heterocycles. The van der Waals surface area contributed by atoms with E-state index in [1.54, 1.807) is 17.5 Å². The summed E-state index contributed by atoms with van der Waals surface area (Å²) in [4.78, 5) is 10.4. The number of hydrogen-bond acceptors (Lipinski definition) is 3. The van der Waals surface area contributed by atoms with E-state index in [1.807, 2.05) is 0 Å². The van der Waals surface area contributed by atoms with E-state index in [4.69, 9.17) is 5.73 Å². The van der Waals surface area contributed by atoms with Gasteiger partial charge in [-0.3, -0.25) is 0 Å². The van der Waals surface area contributed by atoms with Gasteiger partial charge in [0.05, 0.1) is 10.9 Å². The smallest absolute Gasteiger partial charge is 0.332 e. The summed E-state index contributed by atoms with van der Waals surface area (Å²) in [5.74, 6) is -0.259. The predicted molar refractivity (Wildman–Crippen MR) is 62.1 cm³/mol. The molecule has 2 amide bonds. The Labute approximate surface area is 94.6 Å². The molecule has 1 aromatic carbocycles. The molecule has 0 aliphatic rings. The number of halogens is 1. The van der Waals surface area contributed by atoms with Crippen LogP contribution in [-0.2, 0) is 0 Å². The third-order valence-corrected chi connectivity index (χ3v) is 2.90. The molecule has 0 aliphatic heterocycles. The molecule has 0 radical (unpaired) electrons. The van der Waals surface area contributed by atoms with Crippen LogP contribution in [0.2, 0.25) is 0 Å². The fourth-order valence-corrected chi connectivity index (χ4v) is 2.16. The quantitative estimate of drug-likeness (QED) is 0.609. The Balaban J connectivity index is 2.38. The molecule has 16 heavy (non-hydrogen) atoms. The summed E-state index contributed by atoms with van der Waals surface area (Å²) in [5.41, 5.74) is 7.66. The molecule has 0 saturated heterocycles. The van der Waals surface area contributed by atoms with Gasteiger partial charge in [-0.05, 0) is 23.6 Å². The van der Waals surface area contributed by atoms with Crippen LogP contribution in [0.15, 0.2) is 28.7 Å². The van der Waals surface area contributed by atoms with Crippen LogP contribution < -0.4 is 11.2 Å². The first-order valence-electron chi connectivity index (χ1n) is 4.42. The Kier molecular flexibility index (Phi) is 2.82. The van der Waals surface area contributed by atoms with Gasteiger partial charge in [0.15, 0.2) is 0 Å². The zero-order valence-electron chi connectivity index (χ0n) is 8.11. The van der Waals surface area contributed by atoms with Gasteiger partial charge in [-0.25, -0.2) is 14.6 Å². The predicted octanol–water partition coefficient (Wildman–Crippen LogP) is 2.04. The van der Waals surface area contributed by atoms with Crippen LogP contribution in [0.5, 0.6) is 0 Å². The van der Waals surface area contributed by atoms with Crippen molar-refractivity contribution in [2.45, 2.75) is 0 Å². The van der Waals surface area contributed by atoms with E-state index in [9.17, 15) is 9.18 Å².